The zero-order valence-corrected chi connectivity index (χ0v) is 20.8. The van der Waals surface area contributed by atoms with Gasteiger partial charge in [-0.15, -0.1) is 0 Å². The summed E-state index contributed by atoms with van der Waals surface area (Å²) < 4.78 is 5.81. The first-order chi connectivity index (χ1) is 15.9. The van der Waals surface area contributed by atoms with Crippen molar-refractivity contribution in [2.45, 2.75) is 71.0 Å². The molecule has 2 aromatic rings. The second-order valence-corrected chi connectivity index (χ2v) is 9.42. The molecule has 1 N–H and O–H groups in total. The van der Waals surface area contributed by atoms with Gasteiger partial charge < -0.3 is 15.0 Å². The summed E-state index contributed by atoms with van der Waals surface area (Å²) in [4.78, 5) is 28.2. The Morgan fingerprint density at radius 3 is 2.52 bits per heavy atom. The van der Waals surface area contributed by atoms with Gasteiger partial charge in [0.1, 0.15) is 11.8 Å². The summed E-state index contributed by atoms with van der Waals surface area (Å²) in [5, 5.41) is 4.15. The fourth-order valence-corrected chi connectivity index (χ4v) is 4.71. The highest BCUT2D eigenvalue weighted by atomic mass is 35.5. The second kappa shape index (κ2) is 12.3. The van der Waals surface area contributed by atoms with E-state index in [4.69, 9.17) is 27.9 Å². The molecule has 1 saturated carbocycles. The van der Waals surface area contributed by atoms with Crippen LogP contribution in [0.15, 0.2) is 42.5 Å². The number of nitrogens with zero attached hydrogens (tertiary/aromatic N) is 1. The monoisotopic (exact) mass is 490 g/mol. The number of para-hydroxylation sites is 1. The molecule has 7 heteroatoms. The summed E-state index contributed by atoms with van der Waals surface area (Å²) in [5.74, 6) is 0.253. The number of aryl methyl sites for hydroxylation is 1. The smallest absolute Gasteiger partial charge is 0.261 e. The molecular weight excluding hydrogens is 459 g/mol. The van der Waals surface area contributed by atoms with Gasteiger partial charge in [0.05, 0.1) is 0 Å². The van der Waals surface area contributed by atoms with Crippen LogP contribution < -0.4 is 10.1 Å². The van der Waals surface area contributed by atoms with Crippen molar-refractivity contribution < 1.29 is 14.3 Å². The average Bonchev–Trinajstić information content (AvgIpc) is 2.80. The second-order valence-electron chi connectivity index (χ2n) is 8.58. The number of carbonyl (C=O) groups is 2. The van der Waals surface area contributed by atoms with Gasteiger partial charge in [-0.05, 0) is 55.5 Å². The Bertz CT molecular complexity index is 960. The molecule has 1 atom stereocenters. The van der Waals surface area contributed by atoms with Gasteiger partial charge in [0.2, 0.25) is 5.91 Å². The van der Waals surface area contributed by atoms with Crippen LogP contribution >= 0.6 is 23.2 Å². The first kappa shape index (κ1) is 25.4. The van der Waals surface area contributed by atoms with E-state index in [9.17, 15) is 9.59 Å². The number of carbonyl (C=O) groups excluding carboxylic acids is 2. The normalized spacial score (nSPS) is 15.0. The predicted octanol–water partition coefficient (Wildman–Crippen LogP) is 5.94. The predicted molar refractivity (Wildman–Crippen MR) is 133 cm³/mol. The first-order valence-corrected chi connectivity index (χ1v) is 12.4. The number of amides is 2. The zero-order chi connectivity index (χ0) is 23.8. The maximum absolute atomic E-state index is 13.4. The molecule has 2 amide bonds. The molecule has 0 aliphatic heterocycles. The van der Waals surface area contributed by atoms with Gasteiger partial charge in [-0.25, -0.2) is 0 Å². The molecule has 1 aliphatic carbocycles. The Morgan fingerprint density at radius 1 is 1.12 bits per heavy atom. The molecular formula is C26H32Cl2N2O3. The van der Waals surface area contributed by atoms with Gasteiger partial charge >= 0.3 is 0 Å². The van der Waals surface area contributed by atoms with Crippen LogP contribution in [0.25, 0.3) is 0 Å². The molecule has 0 radical (unpaired) electrons. The molecule has 1 fully saturated rings. The number of ether oxygens (including phenoxy) is 1. The maximum Gasteiger partial charge on any atom is 0.261 e. The number of halogens is 2. The number of rotatable bonds is 9. The van der Waals surface area contributed by atoms with E-state index in [0.29, 0.717) is 22.2 Å². The molecule has 3 rings (SSSR count). The third-order valence-corrected chi connectivity index (χ3v) is 6.72. The summed E-state index contributed by atoms with van der Waals surface area (Å²) in [6, 6.07) is 12.3. The van der Waals surface area contributed by atoms with E-state index in [1.165, 1.54) is 6.42 Å². The van der Waals surface area contributed by atoms with Crippen LogP contribution in [0.2, 0.25) is 10.0 Å². The Balaban J connectivity index is 1.79. The molecule has 2 aromatic carbocycles. The van der Waals surface area contributed by atoms with Gasteiger partial charge in [-0.2, -0.15) is 0 Å². The van der Waals surface area contributed by atoms with Gasteiger partial charge in [-0.1, -0.05) is 73.7 Å². The summed E-state index contributed by atoms with van der Waals surface area (Å²) in [6.07, 6.45) is 5.90. The lowest BCUT2D eigenvalue weighted by molar-refractivity contribution is -0.143. The van der Waals surface area contributed by atoms with Crippen molar-refractivity contribution >= 4 is 35.0 Å². The minimum absolute atomic E-state index is 0.126. The topological polar surface area (TPSA) is 58.6 Å². The maximum atomic E-state index is 13.4. The largest absolute Gasteiger partial charge is 0.484 e. The van der Waals surface area contributed by atoms with E-state index in [2.05, 4.69) is 5.32 Å². The minimum Gasteiger partial charge on any atom is -0.484 e. The third kappa shape index (κ3) is 7.12. The van der Waals surface area contributed by atoms with E-state index in [1.54, 1.807) is 23.1 Å². The Hall–Kier alpha value is -2.24. The molecule has 5 nitrogen and oxygen atoms in total. The van der Waals surface area contributed by atoms with Crippen molar-refractivity contribution in [3.05, 3.63) is 63.6 Å². The summed E-state index contributed by atoms with van der Waals surface area (Å²) >= 11 is 12.4. The lowest BCUT2D eigenvalue weighted by Crippen LogP contribution is -2.52. The highest BCUT2D eigenvalue weighted by Gasteiger charge is 2.31. The van der Waals surface area contributed by atoms with Crippen LogP contribution in [-0.4, -0.2) is 35.4 Å². The van der Waals surface area contributed by atoms with Crippen molar-refractivity contribution in [1.82, 2.24) is 10.2 Å². The van der Waals surface area contributed by atoms with Crippen molar-refractivity contribution in [2.24, 2.45) is 0 Å². The van der Waals surface area contributed by atoms with Crippen LogP contribution in [0.3, 0.4) is 0 Å². The lowest BCUT2D eigenvalue weighted by atomic mass is 9.95. The van der Waals surface area contributed by atoms with E-state index in [-0.39, 0.29) is 31.0 Å². The summed E-state index contributed by atoms with van der Waals surface area (Å²) in [6.45, 7) is 3.88. The molecule has 0 bridgehead atoms. The Kier molecular flexibility index (Phi) is 9.45. The van der Waals surface area contributed by atoms with E-state index in [1.807, 2.05) is 38.1 Å². The van der Waals surface area contributed by atoms with Crippen molar-refractivity contribution in [3.63, 3.8) is 0 Å². The van der Waals surface area contributed by atoms with Gasteiger partial charge in [-0.3, -0.25) is 9.59 Å². The molecule has 178 valence electrons. The van der Waals surface area contributed by atoms with Gasteiger partial charge in [0, 0.05) is 22.6 Å². The van der Waals surface area contributed by atoms with Gasteiger partial charge in [0.25, 0.3) is 5.91 Å². The molecule has 0 unspecified atom stereocenters. The SMILES string of the molecule is CC[C@@H](C(=O)NC1CCCCC1)N(Cc1ccc(Cl)cc1Cl)C(=O)COc1ccccc1C. The number of benzene rings is 2. The first-order valence-electron chi connectivity index (χ1n) is 11.6. The molecule has 0 heterocycles. The molecule has 33 heavy (non-hydrogen) atoms. The van der Waals surface area contributed by atoms with Crippen molar-refractivity contribution in [1.29, 1.82) is 0 Å². The van der Waals surface area contributed by atoms with Crippen LogP contribution in [-0.2, 0) is 16.1 Å². The van der Waals surface area contributed by atoms with Crippen LogP contribution in [0.4, 0.5) is 0 Å². The van der Waals surface area contributed by atoms with E-state index >= 15 is 0 Å². The zero-order valence-electron chi connectivity index (χ0n) is 19.3. The van der Waals surface area contributed by atoms with Crippen LogP contribution in [0.5, 0.6) is 5.75 Å². The highest BCUT2D eigenvalue weighted by molar-refractivity contribution is 6.35. The van der Waals surface area contributed by atoms with Crippen LogP contribution in [0, 0.1) is 6.92 Å². The minimum atomic E-state index is -0.619. The average molecular weight is 491 g/mol. The van der Waals surface area contributed by atoms with E-state index in [0.717, 1.165) is 36.8 Å². The molecule has 0 spiro atoms. The Morgan fingerprint density at radius 2 is 1.85 bits per heavy atom. The fourth-order valence-electron chi connectivity index (χ4n) is 4.24. The number of hydrogen-bond donors (Lipinski definition) is 1. The third-order valence-electron chi connectivity index (χ3n) is 6.14. The quantitative estimate of drug-likeness (QED) is 0.473. The van der Waals surface area contributed by atoms with E-state index < -0.39 is 6.04 Å². The van der Waals surface area contributed by atoms with Gasteiger partial charge in [0.15, 0.2) is 6.61 Å². The number of nitrogens with one attached hydrogen (secondary N) is 1. The van der Waals surface area contributed by atoms with Crippen molar-refractivity contribution in [3.8, 4) is 5.75 Å². The summed E-state index contributed by atoms with van der Waals surface area (Å²) in [7, 11) is 0. The highest BCUT2D eigenvalue weighted by Crippen LogP contribution is 2.25. The molecule has 0 aromatic heterocycles. The van der Waals surface area contributed by atoms with Crippen LogP contribution in [0.1, 0.15) is 56.6 Å². The Labute approximate surface area is 206 Å². The standard InChI is InChI=1S/C26H32Cl2N2O3/c1-3-23(26(32)29-21-10-5-4-6-11-21)30(16-19-13-14-20(27)15-22(19)28)25(31)17-33-24-12-8-7-9-18(24)2/h7-9,12-15,21,23H,3-6,10-11,16-17H2,1-2H3,(H,29,32)/t23-/m0/s1. The summed E-state index contributed by atoms with van der Waals surface area (Å²) in [5.41, 5.74) is 1.67. The lowest BCUT2D eigenvalue weighted by Gasteiger charge is -2.33. The molecule has 0 saturated heterocycles. The van der Waals surface area contributed by atoms with Crippen molar-refractivity contribution in [2.75, 3.05) is 6.61 Å². The molecule has 1 aliphatic rings. The fraction of sp³-hybridized carbons (Fsp3) is 0.462. The number of hydrogen-bond acceptors (Lipinski definition) is 3.